The molecule has 1 aromatic carbocycles. The van der Waals surface area contributed by atoms with Gasteiger partial charge in [0.1, 0.15) is 0 Å². The summed E-state index contributed by atoms with van der Waals surface area (Å²) in [6.45, 7) is 2.01. The van der Waals surface area contributed by atoms with E-state index in [-0.39, 0.29) is 18.7 Å². The van der Waals surface area contributed by atoms with Crippen LogP contribution in [0, 0.1) is 0 Å². The molecule has 0 spiro atoms. The molecule has 2 aromatic rings. The van der Waals surface area contributed by atoms with E-state index in [1.54, 1.807) is 12.1 Å². The van der Waals surface area contributed by atoms with Crippen molar-refractivity contribution in [3.8, 4) is 11.5 Å². The Morgan fingerprint density at radius 3 is 2.86 bits per heavy atom. The predicted molar refractivity (Wildman–Crippen MR) is 82.8 cm³/mol. The molecule has 0 saturated heterocycles. The second-order valence-corrected chi connectivity index (χ2v) is 6.68. The summed E-state index contributed by atoms with van der Waals surface area (Å²) < 4.78 is 11.2. The molecule has 0 saturated carbocycles. The molecule has 1 unspecified atom stereocenters. The highest BCUT2D eigenvalue weighted by Crippen LogP contribution is 2.39. The molecule has 1 aromatic heterocycles. The van der Waals surface area contributed by atoms with Crippen molar-refractivity contribution in [2.75, 3.05) is 6.79 Å². The number of thiophene rings is 1. The lowest BCUT2D eigenvalue weighted by Gasteiger charge is -2.12. The molecule has 3 rings (SSSR count). The monoisotopic (exact) mass is 343 g/mol. The Bertz CT molecular complexity index is 702. The Morgan fingerprint density at radius 2 is 2.14 bits per heavy atom. The molecule has 1 aliphatic heterocycles. The molecule has 0 fully saturated rings. The first-order valence-electron chi connectivity index (χ1n) is 6.20. The van der Waals surface area contributed by atoms with Crippen molar-refractivity contribution in [3.63, 3.8) is 0 Å². The first kappa shape index (κ1) is 14.5. The Morgan fingerprint density at radius 1 is 1.33 bits per heavy atom. The van der Waals surface area contributed by atoms with Crippen LogP contribution in [0.1, 0.15) is 28.2 Å². The number of carbonyl (C=O) groups is 1. The molecule has 21 heavy (non-hydrogen) atoms. The van der Waals surface area contributed by atoms with E-state index in [1.807, 2.05) is 19.1 Å². The molecular formula is C14H11Cl2NO3S. The zero-order chi connectivity index (χ0) is 15.0. The number of fused-ring (bicyclic) bond motifs is 1. The van der Waals surface area contributed by atoms with Crippen LogP contribution in [-0.2, 0) is 0 Å². The van der Waals surface area contributed by atoms with Crippen LogP contribution in [0.3, 0.4) is 0 Å². The van der Waals surface area contributed by atoms with Gasteiger partial charge >= 0.3 is 0 Å². The number of amides is 1. The molecule has 7 heteroatoms. The SMILES string of the molecule is CC(NC(=O)c1cc(Cl)c2c(c1)OCO2)c1ccc(Cl)s1. The fraction of sp³-hybridized carbons (Fsp3) is 0.214. The van der Waals surface area contributed by atoms with Crippen molar-refractivity contribution < 1.29 is 14.3 Å². The van der Waals surface area contributed by atoms with Crippen LogP contribution in [0.15, 0.2) is 24.3 Å². The van der Waals surface area contributed by atoms with Gasteiger partial charge in [0.2, 0.25) is 6.79 Å². The number of benzene rings is 1. The van der Waals surface area contributed by atoms with Crippen LogP contribution < -0.4 is 14.8 Å². The summed E-state index contributed by atoms with van der Waals surface area (Å²) >= 11 is 13.4. The molecule has 2 heterocycles. The maximum Gasteiger partial charge on any atom is 0.251 e. The molecule has 1 aliphatic rings. The summed E-state index contributed by atoms with van der Waals surface area (Å²) in [5.74, 6) is 0.734. The van der Waals surface area contributed by atoms with Gasteiger partial charge in [0.25, 0.3) is 5.91 Å². The van der Waals surface area contributed by atoms with E-state index >= 15 is 0 Å². The Labute approximate surface area is 135 Å². The number of rotatable bonds is 3. The van der Waals surface area contributed by atoms with E-state index in [9.17, 15) is 4.79 Å². The maximum absolute atomic E-state index is 12.3. The van der Waals surface area contributed by atoms with Gasteiger partial charge in [-0.2, -0.15) is 0 Å². The summed E-state index contributed by atoms with van der Waals surface area (Å²) in [5.41, 5.74) is 0.429. The average molecular weight is 344 g/mol. The number of hydrogen-bond acceptors (Lipinski definition) is 4. The van der Waals surface area contributed by atoms with Gasteiger partial charge in [0.05, 0.1) is 15.4 Å². The van der Waals surface area contributed by atoms with Crippen LogP contribution in [-0.4, -0.2) is 12.7 Å². The summed E-state index contributed by atoms with van der Waals surface area (Å²) in [4.78, 5) is 13.3. The number of ether oxygens (including phenoxy) is 2. The van der Waals surface area contributed by atoms with Crippen LogP contribution in [0.2, 0.25) is 9.36 Å². The first-order valence-corrected chi connectivity index (χ1v) is 7.77. The topological polar surface area (TPSA) is 47.6 Å². The van der Waals surface area contributed by atoms with E-state index in [0.29, 0.717) is 26.4 Å². The van der Waals surface area contributed by atoms with Gasteiger partial charge in [0, 0.05) is 10.4 Å². The molecule has 0 radical (unpaired) electrons. The summed E-state index contributed by atoms with van der Waals surface area (Å²) in [7, 11) is 0. The second-order valence-electron chi connectivity index (χ2n) is 4.53. The fourth-order valence-corrected chi connectivity index (χ4v) is 3.34. The van der Waals surface area contributed by atoms with E-state index in [4.69, 9.17) is 32.7 Å². The van der Waals surface area contributed by atoms with E-state index < -0.39 is 0 Å². The molecule has 4 nitrogen and oxygen atoms in total. The lowest BCUT2D eigenvalue weighted by atomic mass is 10.1. The van der Waals surface area contributed by atoms with Crippen LogP contribution >= 0.6 is 34.5 Å². The zero-order valence-corrected chi connectivity index (χ0v) is 13.3. The van der Waals surface area contributed by atoms with Crippen LogP contribution in [0.5, 0.6) is 11.5 Å². The largest absolute Gasteiger partial charge is 0.454 e. The molecular weight excluding hydrogens is 333 g/mol. The van der Waals surface area contributed by atoms with Crippen molar-refractivity contribution in [2.45, 2.75) is 13.0 Å². The fourth-order valence-electron chi connectivity index (χ4n) is 2.01. The van der Waals surface area contributed by atoms with Crippen LogP contribution in [0.25, 0.3) is 0 Å². The Hall–Kier alpha value is -1.43. The summed E-state index contributed by atoms with van der Waals surface area (Å²) in [5, 5.41) is 3.26. The number of nitrogens with one attached hydrogen (secondary N) is 1. The third-order valence-corrected chi connectivity index (χ3v) is 4.75. The Balaban J connectivity index is 1.78. The second kappa shape index (κ2) is 5.75. The van der Waals surface area contributed by atoms with Crippen molar-refractivity contribution in [3.05, 3.63) is 44.1 Å². The molecule has 0 bridgehead atoms. The van der Waals surface area contributed by atoms with Gasteiger partial charge in [-0.1, -0.05) is 23.2 Å². The molecule has 0 aliphatic carbocycles. The maximum atomic E-state index is 12.3. The number of carbonyl (C=O) groups excluding carboxylic acids is 1. The van der Waals surface area contributed by atoms with Crippen molar-refractivity contribution in [1.29, 1.82) is 0 Å². The smallest absolute Gasteiger partial charge is 0.251 e. The van der Waals surface area contributed by atoms with Gasteiger partial charge in [-0.15, -0.1) is 11.3 Å². The van der Waals surface area contributed by atoms with Gasteiger partial charge < -0.3 is 14.8 Å². The third kappa shape index (κ3) is 2.95. The normalized spacial score (nSPS) is 14.0. The van der Waals surface area contributed by atoms with Crippen molar-refractivity contribution >= 4 is 40.4 Å². The van der Waals surface area contributed by atoms with Gasteiger partial charge in [0.15, 0.2) is 11.5 Å². The predicted octanol–water partition coefficient (Wildman–Crippen LogP) is 4.27. The first-order chi connectivity index (χ1) is 10.0. The lowest BCUT2D eigenvalue weighted by Crippen LogP contribution is -2.26. The third-order valence-electron chi connectivity index (χ3n) is 3.06. The van der Waals surface area contributed by atoms with Crippen molar-refractivity contribution in [1.82, 2.24) is 5.32 Å². The van der Waals surface area contributed by atoms with Gasteiger partial charge in [-0.25, -0.2) is 0 Å². The van der Waals surface area contributed by atoms with E-state index in [1.165, 1.54) is 11.3 Å². The standard InChI is InChI=1S/C14H11Cl2NO3S/c1-7(11-2-3-12(16)21-11)17-14(18)8-4-9(15)13-10(5-8)19-6-20-13/h2-5,7H,6H2,1H3,(H,17,18). The van der Waals surface area contributed by atoms with Gasteiger partial charge in [-0.3, -0.25) is 4.79 Å². The Kier molecular flexibility index (Phi) is 3.97. The highest BCUT2D eigenvalue weighted by molar-refractivity contribution is 7.16. The minimum atomic E-state index is -0.229. The summed E-state index contributed by atoms with van der Waals surface area (Å²) in [6.07, 6.45) is 0. The highest BCUT2D eigenvalue weighted by Gasteiger charge is 2.21. The zero-order valence-electron chi connectivity index (χ0n) is 11.0. The average Bonchev–Trinajstić information content (AvgIpc) is 3.07. The van der Waals surface area contributed by atoms with E-state index in [0.717, 1.165) is 4.88 Å². The minimum Gasteiger partial charge on any atom is -0.454 e. The van der Waals surface area contributed by atoms with E-state index in [2.05, 4.69) is 5.32 Å². The lowest BCUT2D eigenvalue weighted by molar-refractivity contribution is 0.0940. The molecule has 1 amide bonds. The molecule has 110 valence electrons. The number of halogens is 2. The minimum absolute atomic E-state index is 0.115. The highest BCUT2D eigenvalue weighted by atomic mass is 35.5. The van der Waals surface area contributed by atoms with Gasteiger partial charge in [-0.05, 0) is 31.2 Å². The van der Waals surface area contributed by atoms with Crippen molar-refractivity contribution in [2.24, 2.45) is 0 Å². The quantitative estimate of drug-likeness (QED) is 0.904. The number of hydrogen-bond donors (Lipinski definition) is 1. The molecule has 1 N–H and O–H groups in total. The summed E-state index contributed by atoms with van der Waals surface area (Å²) in [6, 6.07) is 6.75. The van der Waals surface area contributed by atoms with Crippen LogP contribution in [0.4, 0.5) is 0 Å². The molecule has 1 atom stereocenters.